The summed E-state index contributed by atoms with van der Waals surface area (Å²) < 4.78 is 1.74. The molecule has 0 aliphatic rings. The average Bonchev–Trinajstić information content (AvgIpc) is 3.22. The van der Waals surface area contributed by atoms with Crippen molar-refractivity contribution < 1.29 is 4.79 Å². The lowest BCUT2D eigenvalue weighted by Crippen LogP contribution is -2.12. The number of hydrogen-bond acceptors (Lipinski definition) is 4. The third-order valence-electron chi connectivity index (χ3n) is 3.81. The standard InChI is InChI=1S/C18H20N4OS/c1-3-13-4-7-15(8-5-13)16-12-24-18(20-16)21-17(23)9-6-14-10-19-22(2)11-14/h4-5,7-8,10-12H,3,6,9H2,1-2H3,(H,20,21,23). The van der Waals surface area contributed by atoms with E-state index in [0.717, 1.165) is 23.2 Å². The van der Waals surface area contributed by atoms with E-state index in [4.69, 9.17) is 0 Å². The van der Waals surface area contributed by atoms with E-state index in [1.54, 1.807) is 10.9 Å². The molecule has 3 aromatic rings. The van der Waals surface area contributed by atoms with Crippen molar-refractivity contribution in [2.45, 2.75) is 26.2 Å². The van der Waals surface area contributed by atoms with Crippen molar-refractivity contribution >= 4 is 22.4 Å². The highest BCUT2D eigenvalue weighted by atomic mass is 32.1. The number of thiazole rings is 1. The highest BCUT2D eigenvalue weighted by molar-refractivity contribution is 7.14. The lowest BCUT2D eigenvalue weighted by molar-refractivity contribution is -0.116. The van der Waals surface area contributed by atoms with Gasteiger partial charge in [0.2, 0.25) is 5.91 Å². The van der Waals surface area contributed by atoms with Gasteiger partial charge in [0, 0.05) is 30.6 Å². The van der Waals surface area contributed by atoms with E-state index in [2.05, 4.69) is 46.6 Å². The Labute approximate surface area is 145 Å². The maximum absolute atomic E-state index is 12.1. The number of amides is 1. The summed E-state index contributed by atoms with van der Waals surface area (Å²) in [6.45, 7) is 2.14. The molecule has 1 amide bonds. The van der Waals surface area contributed by atoms with Gasteiger partial charge in [-0.25, -0.2) is 4.98 Å². The summed E-state index contributed by atoms with van der Waals surface area (Å²) in [6.07, 6.45) is 5.83. The van der Waals surface area contributed by atoms with Crippen molar-refractivity contribution in [1.29, 1.82) is 0 Å². The first-order valence-corrected chi connectivity index (χ1v) is 8.84. The number of aromatic nitrogens is 3. The molecule has 2 aromatic heterocycles. The monoisotopic (exact) mass is 340 g/mol. The Morgan fingerprint density at radius 1 is 1.25 bits per heavy atom. The molecular weight excluding hydrogens is 320 g/mol. The van der Waals surface area contributed by atoms with E-state index in [0.29, 0.717) is 18.0 Å². The van der Waals surface area contributed by atoms with Crippen molar-refractivity contribution in [3.05, 3.63) is 53.2 Å². The Balaban J connectivity index is 1.57. The number of aryl methyl sites for hydroxylation is 3. The highest BCUT2D eigenvalue weighted by Gasteiger charge is 2.09. The smallest absolute Gasteiger partial charge is 0.226 e. The summed E-state index contributed by atoms with van der Waals surface area (Å²) in [7, 11) is 1.87. The third-order valence-corrected chi connectivity index (χ3v) is 4.57. The number of anilines is 1. The van der Waals surface area contributed by atoms with Gasteiger partial charge in [0.15, 0.2) is 5.13 Å². The van der Waals surface area contributed by atoms with Gasteiger partial charge >= 0.3 is 0 Å². The van der Waals surface area contributed by atoms with Crippen molar-refractivity contribution in [3.63, 3.8) is 0 Å². The zero-order valence-corrected chi connectivity index (χ0v) is 14.6. The molecule has 0 fully saturated rings. The molecule has 0 saturated carbocycles. The van der Waals surface area contributed by atoms with E-state index >= 15 is 0 Å². The fourth-order valence-corrected chi connectivity index (χ4v) is 3.15. The molecule has 124 valence electrons. The van der Waals surface area contributed by atoms with Crippen LogP contribution in [0.1, 0.15) is 24.5 Å². The highest BCUT2D eigenvalue weighted by Crippen LogP contribution is 2.25. The first-order chi connectivity index (χ1) is 11.6. The molecule has 0 aliphatic carbocycles. The maximum Gasteiger partial charge on any atom is 0.226 e. The molecule has 2 heterocycles. The second-order valence-corrected chi connectivity index (χ2v) is 6.52. The Kier molecular flexibility index (Phi) is 5.05. The minimum absolute atomic E-state index is 0.0268. The molecule has 0 spiro atoms. The zero-order chi connectivity index (χ0) is 16.9. The summed E-state index contributed by atoms with van der Waals surface area (Å²) in [5.74, 6) is -0.0268. The molecule has 3 rings (SSSR count). The summed E-state index contributed by atoms with van der Waals surface area (Å²) in [4.78, 5) is 16.6. The van der Waals surface area contributed by atoms with Crippen LogP contribution in [0.2, 0.25) is 0 Å². The summed E-state index contributed by atoms with van der Waals surface area (Å²) in [5, 5.41) is 9.58. The number of rotatable bonds is 6. The van der Waals surface area contributed by atoms with Gasteiger partial charge in [0.05, 0.1) is 11.9 Å². The lowest BCUT2D eigenvalue weighted by atomic mass is 10.1. The van der Waals surface area contributed by atoms with Gasteiger partial charge in [-0.2, -0.15) is 5.10 Å². The number of nitrogens with one attached hydrogen (secondary N) is 1. The Morgan fingerprint density at radius 2 is 2.04 bits per heavy atom. The molecule has 6 heteroatoms. The molecule has 1 N–H and O–H groups in total. The molecule has 0 aliphatic heterocycles. The predicted octanol–water partition coefficient (Wildman–Crippen LogP) is 3.68. The van der Waals surface area contributed by atoms with Gasteiger partial charge in [-0.3, -0.25) is 9.48 Å². The van der Waals surface area contributed by atoms with Crippen LogP contribution < -0.4 is 5.32 Å². The van der Waals surface area contributed by atoms with Crippen LogP contribution in [0.5, 0.6) is 0 Å². The van der Waals surface area contributed by atoms with E-state index in [1.807, 2.05) is 18.6 Å². The SMILES string of the molecule is CCc1ccc(-c2csc(NC(=O)CCc3cnn(C)c3)n2)cc1. The summed E-state index contributed by atoms with van der Waals surface area (Å²) in [5.41, 5.74) is 4.32. The van der Waals surface area contributed by atoms with Crippen molar-refractivity contribution in [1.82, 2.24) is 14.8 Å². The lowest BCUT2D eigenvalue weighted by Gasteiger charge is -2.01. The van der Waals surface area contributed by atoms with Crippen molar-refractivity contribution in [2.24, 2.45) is 7.05 Å². The van der Waals surface area contributed by atoms with Crippen molar-refractivity contribution in [2.75, 3.05) is 5.32 Å². The van der Waals surface area contributed by atoms with E-state index in [1.165, 1.54) is 16.9 Å². The van der Waals surface area contributed by atoms with Crippen LogP contribution in [0.4, 0.5) is 5.13 Å². The Hall–Kier alpha value is -2.47. The summed E-state index contributed by atoms with van der Waals surface area (Å²) >= 11 is 1.45. The molecule has 0 atom stereocenters. The zero-order valence-electron chi connectivity index (χ0n) is 13.8. The molecule has 0 unspecified atom stereocenters. The van der Waals surface area contributed by atoms with Gasteiger partial charge in [-0.15, -0.1) is 11.3 Å². The quantitative estimate of drug-likeness (QED) is 0.745. The molecule has 0 radical (unpaired) electrons. The van der Waals surface area contributed by atoms with Crippen LogP contribution in [0.15, 0.2) is 42.0 Å². The maximum atomic E-state index is 12.1. The topological polar surface area (TPSA) is 59.8 Å². The Bertz CT molecular complexity index is 820. The molecule has 24 heavy (non-hydrogen) atoms. The van der Waals surface area contributed by atoms with Crippen LogP contribution in [0.3, 0.4) is 0 Å². The number of benzene rings is 1. The number of carbonyl (C=O) groups excluding carboxylic acids is 1. The second kappa shape index (κ2) is 7.40. The Morgan fingerprint density at radius 3 is 2.71 bits per heavy atom. The molecule has 5 nitrogen and oxygen atoms in total. The van der Waals surface area contributed by atoms with Crippen LogP contribution in [-0.4, -0.2) is 20.7 Å². The number of carbonyl (C=O) groups is 1. The van der Waals surface area contributed by atoms with Gasteiger partial charge in [-0.1, -0.05) is 31.2 Å². The molecule has 1 aromatic carbocycles. The van der Waals surface area contributed by atoms with Crippen molar-refractivity contribution in [3.8, 4) is 11.3 Å². The van der Waals surface area contributed by atoms with Gasteiger partial charge in [0.1, 0.15) is 0 Å². The van der Waals surface area contributed by atoms with E-state index in [-0.39, 0.29) is 5.91 Å². The van der Waals surface area contributed by atoms with Crippen LogP contribution in [0.25, 0.3) is 11.3 Å². The van der Waals surface area contributed by atoms with Gasteiger partial charge < -0.3 is 5.32 Å². The first kappa shape index (κ1) is 16.4. The molecule has 0 saturated heterocycles. The van der Waals surface area contributed by atoms with Crippen LogP contribution in [-0.2, 0) is 24.7 Å². The largest absolute Gasteiger partial charge is 0.302 e. The normalized spacial score (nSPS) is 10.8. The first-order valence-electron chi connectivity index (χ1n) is 7.96. The average molecular weight is 340 g/mol. The molecular formula is C18H20N4OS. The van der Waals surface area contributed by atoms with Gasteiger partial charge in [0.25, 0.3) is 0 Å². The second-order valence-electron chi connectivity index (χ2n) is 5.66. The third kappa shape index (κ3) is 4.08. The minimum Gasteiger partial charge on any atom is -0.302 e. The van der Waals surface area contributed by atoms with E-state index < -0.39 is 0 Å². The van der Waals surface area contributed by atoms with E-state index in [9.17, 15) is 4.79 Å². The van der Waals surface area contributed by atoms with Gasteiger partial charge in [-0.05, 0) is 24.0 Å². The van der Waals surface area contributed by atoms with Crippen LogP contribution >= 0.6 is 11.3 Å². The van der Waals surface area contributed by atoms with Crippen LogP contribution in [0, 0.1) is 0 Å². The minimum atomic E-state index is -0.0268. The molecule has 0 bridgehead atoms. The number of hydrogen-bond donors (Lipinski definition) is 1. The fourth-order valence-electron chi connectivity index (χ4n) is 2.42. The number of nitrogens with zero attached hydrogens (tertiary/aromatic N) is 3. The summed E-state index contributed by atoms with van der Waals surface area (Å²) in [6, 6.07) is 8.37. The fraction of sp³-hybridized carbons (Fsp3) is 0.278. The predicted molar refractivity (Wildman–Crippen MR) is 97.1 cm³/mol.